The normalized spacial score (nSPS) is 10.7. The highest BCUT2D eigenvalue weighted by atomic mass is 32.2. The van der Waals surface area contributed by atoms with Crippen LogP contribution in [0.4, 0.5) is 5.95 Å². The van der Waals surface area contributed by atoms with Crippen LogP contribution in [-0.4, -0.2) is 25.3 Å². The van der Waals surface area contributed by atoms with Crippen molar-refractivity contribution in [3.05, 3.63) is 36.2 Å². The number of hydrogen-bond acceptors (Lipinski definition) is 7. The number of rotatable bonds is 4. The summed E-state index contributed by atoms with van der Waals surface area (Å²) in [4.78, 5) is 9.29. The number of nitrogens with two attached hydrogens (primary N) is 1. The molecule has 3 N–H and O–H groups in total. The highest BCUT2D eigenvalue weighted by molar-refractivity contribution is 7.98. The second-order valence-corrected chi connectivity index (χ2v) is 4.71. The van der Waals surface area contributed by atoms with Crippen LogP contribution in [0.25, 0.3) is 11.7 Å². The Labute approximate surface area is 112 Å². The fourth-order valence-electron chi connectivity index (χ4n) is 1.44. The maximum atomic E-state index is 5.41. The molecule has 0 spiro atoms. The maximum Gasteiger partial charge on any atom is 0.295 e. The summed E-state index contributed by atoms with van der Waals surface area (Å²) in [5.41, 5.74) is 5.41. The summed E-state index contributed by atoms with van der Waals surface area (Å²) in [7, 11) is 0. The zero-order valence-corrected chi connectivity index (χ0v) is 10.6. The molecule has 7 nitrogen and oxygen atoms in total. The van der Waals surface area contributed by atoms with E-state index in [2.05, 4.69) is 25.3 Å². The third kappa shape index (κ3) is 2.74. The summed E-state index contributed by atoms with van der Waals surface area (Å²) < 4.78 is 5.09. The van der Waals surface area contributed by atoms with Crippen molar-refractivity contribution in [2.75, 3.05) is 5.73 Å². The molecular formula is C11H10N6OS. The summed E-state index contributed by atoms with van der Waals surface area (Å²) in [6.45, 7) is 0. The summed E-state index contributed by atoms with van der Waals surface area (Å²) in [6.07, 6.45) is 0. The Morgan fingerprint density at radius 2 is 2.05 bits per heavy atom. The van der Waals surface area contributed by atoms with E-state index in [4.69, 9.17) is 10.3 Å². The van der Waals surface area contributed by atoms with Crippen LogP contribution >= 0.6 is 11.8 Å². The number of thioether (sulfide) groups is 1. The third-order valence-corrected chi connectivity index (χ3v) is 3.29. The van der Waals surface area contributed by atoms with Crippen LogP contribution in [0.3, 0.4) is 0 Å². The Kier molecular flexibility index (Phi) is 3.15. The molecule has 0 radical (unpaired) electrons. The van der Waals surface area contributed by atoms with Gasteiger partial charge in [0.25, 0.3) is 5.89 Å². The van der Waals surface area contributed by atoms with Crippen molar-refractivity contribution in [1.29, 1.82) is 0 Å². The van der Waals surface area contributed by atoms with Crippen molar-refractivity contribution < 1.29 is 4.52 Å². The Bertz CT molecular complexity index is 665. The predicted molar refractivity (Wildman–Crippen MR) is 70.1 cm³/mol. The summed E-state index contributed by atoms with van der Waals surface area (Å²) in [5, 5.41) is 10.2. The number of aromatic amines is 1. The fraction of sp³-hybridized carbons (Fsp3) is 0.0909. The number of benzene rings is 1. The van der Waals surface area contributed by atoms with Gasteiger partial charge in [0.05, 0.1) is 5.75 Å². The van der Waals surface area contributed by atoms with Crippen LogP contribution in [-0.2, 0) is 5.75 Å². The Balaban J connectivity index is 1.68. The van der Waals surface area contributed by atoms with Gasteiger partial charge in [-0.1, -0.05) is 23.4 Å². The van der Waals surface area contributed by atoms with Crippen LogP contribution in [0.1, 0.15) is 5.82 Å². The molecule has 0 aliphatic rings. The first-order valence-electron chi connectivity index (χ1n) is 5.50. The predicted octanol–water partition coefficient (Wildman–Crippen LogP) is 1.73. The number of anilines is 1. The molecule has 2 aromatic heterocycles. The summed E-state index contributed by atoms with van der Waals surface area (Å²) >= 11 is 1.63. The van der Waals surface area contributed by atoms with Gasteiger partial charge >= 0.3 is 0 Å². The number of nitrogens with one attached hydrogen (secondary N) is 1. The van der Waals surface area contributed by atoms with Gasteiger partial charge in [-0.2, -0.15) is 9.97 Å². The number of aromatic nitrogens is 5. The van der Waals surface area contributed by atoms with E-state index in [1.807, 2.05) is 30.3 Å². The smallest absolute Gasteiger partial charge is 0.295 e. The van der Waals surface area contributed by atoms with Gasteiger partial charge in [-0.15, -0.1) is 16.9 Å². The molecule has 0 fully saturated rings. The van der Waals surface area contributed by atoms with E-state index in [9.17, 15) is 0 Å². The minimum Gasteiger partial charge on any atom is -0.366 e. The number of H-pyrrole nitrogens is 1. The number of hydrogen-bond donors (Lipinski definition) is 2. The second kappa shape index (κ2) is 5.11. The second-order valence-electron chi connectivity index (χ2n) is 3.66. The SMILES string of the molecule is Nc1n[nH]c(-c2nc(CSc3ccccc3)no2)n1. The lowest BCUT2D eigenvalue weighted by molar-refractivity contribution is 0.422. The van der Waals surface area contributed by atoms with Crippen molar-refractivity contribution >= 4 is 17.7 Å². The fourth-order valence-corrected chi connectivity index (χ4v) is 2.21. The largest absolute Gasteiger partial charge is 0.366 e. The average molecular weight is 274 g/mol. The highest BCUT2D eigenvalue weighted by Crippen LogP contribution is 2.22. The van der Waals surface area contributed by atoms with Crippen LogP contribution < -0.4 is 5.73 Å². The molecule has 8 heteroatoms. The molecule has 0 atom stereocenters. The molecule has 96 valence electrons. The van der Waals surface area contributed by atoms with E-state index in [0.717, 1.165) is 4.90 Å². The van der Waals surface area contributed by atoms with Gasteiger partial charge in [0, 0.05) is 4.90 Å². The van der Waals surface area contributed by atoms with E-state index in [-0.39, 0.29) is 11.8 Å². The molecule has 0 amide bonds. The summed E-state index contributed by atoms with van der Waals surface area (Å²) in [5.74, 6) is 2.03. The highest BCUT2D eigenvalue weighted by Gasteiger charge is 2.12. The number of nitrogen functional groups attached to an aromatic ring is 1. The van der Waals surface area contributed by atoms with Crippen molar-refractivity contribution in [3.63, 3.8) is 0 Å². The zero-order valence-electron chi connectivity index (χ0n) is 9.78. The first-order valence-corrected chi connectivity index (χ1v) is 6.48. The molecular weight excluding hydrogens is 264 g/mol. The Morgan fingerprint density at radius 3 is 2.79 bits per heavy atom. The standard InChI is InChI=1S/C11H10N6OS/c12-11-14-9(15-16-11)10-13-8(17-18-10)6-19-7-4-2-1-3-5-7/h1-5H,6H2,(H3,12,14,15,16). The van der Waals surface area contributed by atoms with E-state index < -0.39 is 0 Å². The maximum absolute atomic E-state index is 5.41. The van der Waals surface area contributed by atoms with Gasteiger partial charge in [0.1, 0.15) is 0 Å². The lowest BCUT2D eigenvalue weighted by Gasteiger charge is -1.95. The van der Waals surface area contributed by atoms with Crippen molar-refractivity contribution in [2.24, 2.45) is 0 Å². The van der Waals surface area contributed by atoms with Gasteiger partial charge < -0.3 is 10.3 Å². The van der Waals surface area contributed by atoms with Crippen molar-refractivity contribution in [3.8, 4) is 11.7 Å². The van der Waals surface area contributed by atoms with Gasteiger partial charge in [0.2, 0.25) is 11.8 Å². The molecule has 19 heavy (non-hydrogen) atoms. The van der Waals surface area contributed by atoms with Crippen LogP contribution in [0.15, 0.2) is 39.8 Å². The molecule has 1 aromatic carbocycles. The van der Waals surface area contributed by atoms with Gasteiger partial charge in [-0.05, 0) is 12.1 Å². The van der Waals surface area contributed by atoms with Gasteiger partial charge in [-0.3, -0.25) is 5.10 Å². The quantitative estimate of drug-likeness (QED) is 0.697. The molecule has 3 aromatic rings. The molecule has 0 aliphatic carbocycles. The number of nitrogens with zero attached hydrogens (tertiary/aromatic N) is 4. The molecule has 2 heterocycles. The van der Waals surface area contributed by atoms with Crippen LogP contribution in [0, 0.1) is 0 Å². The molecule has 3 rings (SSSR count). The van der Waals surface area contributed by atoms with E-state index in [0.29, 0.717) is 17.4 Å². The van der Waals surface area contributed by atoms with E-state index >= 15 is 0 Å². The Morgan fingerprint density at radius 1 is 1.21 bits per heavy atom. The molecule has 0 saturated carbocycles. The molecule has 0 saturated heterocycles. The first-order chi connectivity index (χ1) is 9.31. The van der Waals surface area contributed by atoms with Crippen molar-refractivity contribution in [2.45, 2.75) is 10.6 Å². The molecule has 0 unspecified atom stereocenters. The lowest BCUT2D eigenvalue weighted by atomic mass is 10.4. The topological polar surface area (TPSA) is 107 Å². The average Bonchev–Trinajstić information content (AvgIpc) is 3.06. The zero-order chi connectivity index (χ0) is 13.1. The van der Waals surface area contributed by atoms with Crippen LogP contribution in [0.5, 0.6) is 0 Å². The third-order valence-electron chi connectivity index (χ3n) is 2.28. The molecule has 0 aliphatic heterocycles. The van der Waals surface area contributed by atoms with Crippen LogP contribution in [0.2, 0.25) is 0 Å². The first kappa shape index (κ1) is 11.7. The minimum atomic E-state index is 0.147. The van der Waals surface area contributed by atoms with Gasteiger partial charge in [0.15, 0.2) is 5.82 Å². The lowest BCUT2D eigenvalue weighted by Crippen LogP contribution is -1.86. The van der Waals surface area contributed by atoms with Crippen molar-refractivity contribution in [1.82, 2.24) is 25.3 Å². The molecule has 0 bridgehead atoms. The monoisotopic (exact) mass is 274 g/mol. The summed E-state index contributed by atoms with van der Waals surface area (Å²) in [6, 6.07) is 10.0. The van der Waals surface area contributed by atoms with E-state index in [1.165, 1.54) is 0 Å². The minimum absolute atomic E-state index is 0.147. The van der Waals surface area contributed by atoms with Gasteiger partial charge in [-0.25, -0.2) is 0 Å². The van der Waals surface area contributed by atoms with E-state index in [1.54, 1.807) is 11.8 Å². The Hall–Kier alpha value is -2.35.